The highest BCUT2D eigenvalue weighted by Gasteiger charge is 2.38. The van der Waals surface area contributed by atoms with Gasteiger partial charge in [0.05, 0.1) is 21.2 Å². The lowest BCUT2D eigenvalue weighted by Crippen LogP contribution is -2.54. The van der Waals surface area contributed by atoms with Crippen molar-refractivity contribution in [2.75, 3.05) is 10.8 Å². The first kappa shape index (κ1) is 35.9. The molecule has 0 aliphatic heterocycles. The lowest BCUT2D eigenvalue weighted by Gasteiger charge is -2.34. The quantitative estimate of drug-likeness (QED) is 0.155. The zero-order chi connectivity index (χ0) is 35.2. The number of halogens is 5. The number of hydrogen-bond donors (Lipinski definition) is 1. The van der Waals surface area contributed by atoms with Crippen molar-refractivity contribution in [3.63, 3.8) is 0 Å². The second kappa shape index (κ2) is 15.4. The summed E-state index contributed by atoms with van der Waals surface area (Å²) in [6.45, 7) is -1.18. The van der Waals surface area contributed by atoms with Gasteiger partial charge in [0.1, 0.15) is 18.4 Å². The molecule has 5 rings (SSSR count). The van der Waals surface area contributed by atoms with Gasteiger partial charge in [0.2, 0.25) is 11.8 Å². The summed E-state index contributed by atoms with van der Waals surface area (Å²) >= 11 is 5.86. The summed E-state index contributed by atoms with van der Waals surface area (Å²) in [5.74, 6) is -1.85. The zero-order valence-electron chi connectivity index (χ0n) is 26.2. The Morgan fingerprint density at radius 2 is 1.47 bits per heavy atom. The highest BCUT2D eigenvalue weighted by Crippen LogP contribution is 2.38. The normalized spacial score (nSPS) is 14.3. The maximum Gasteiger partial charge on any atom is 0.417 e. The fourth-order valence-corrected chi connectivity index (χ4v) is 7.49. The van der Waals surface area contributed by atoms with Crippen molar-refractivity contribution in [1.82, 2.24) is 10.2 Å². The van der Waals surface area contributed by atoms with Gasteiger partial charge >= 0.3 is 6.18 Å². The molecule has 1 aliphatic rings. The Hall–Kier alpha value is -4.42. The molecule has 0 spiro atoms. The molecular weight excluding hydrogens is 682 g/mol. The number of carbonyl (C=O) groups is 2. The number of hydrogen-bond acceptors (Lipinski definition) is 4. The fraction of sp³-hybridized carbons (Fsp3) is 0.278. The van der Waals surface area contributed by atoms with Crippen molar-refractivity contribution in [2.45, 2.75) is 61.8 Å². The van der Waals surface area contributed by atoms with Gasteiger partial charge < -0.3 is 10.2 Å². The number of nitrogens with one attached hydrogen (secondary N) is 1. The molecule has 7 nitrogen and oxygen atoms in total. The Morgan fingerprint density at radius 1 is 0.857 bits per heavy atom. The molecule has 0 heterocycles. The zero-order valence-corrected chi connectivity index (χ0v) is 27.8. The summed E-state index contributed by atoms with van der Waals surface area (Å²) in [7, 11) is -4.63. The predicted octanol–water partition coefficient (Wildman–Crippen LogP) is 7.39. The van der Waals surface area contributed by atoms with Gasteiger partial charge in [0, 0.05) is 19.0 Å². The minimum absolute atomic E-state index is 0.0525. The summed E-state index contributed by atoms with van der Waals surface area (Å²) in [6, 6.07) is 22.5. The average Bonchev–Trinajstić information content (AvgIpc) is 3.59. The van der Waals surface area contributed by atoms with Gasteiger partial charge in [-0.05, 0) is 66.4 Å². The Bertz CT molecular complexity index is 1860. The molecule has 1 saturated carbocycles. The van der Waals surface area contributed by atoms with Crippen LogP contribution in [-0.2, 0) is 38.8 Å². The molecule has 1 atom stereocenters. The fourth-order valence-electron chi connectivity index (χ4n) is 5.84. The summed E-state index contributed by atoms with van der Waals surface area (Å²) in [6.07, 6.45) is -1.49. The van der Waals surface area contributed by atoms with Crippen molar-refractivity contribution in [3.05, 3.63) is 131 Å². The van der Waals surface area contributed by atoms with Crippen LogP contribution < -0.4 is 9.62 Å². The minimum Gasteiger partial charge on any atom is -0.352 e. The number of anilines is 1. The van der Waals surface area contributed by atoms with E-state index >= 15 is 0 Å². The average molecular weight is 716 g/mol. The Kier molecular flexibility index (Phi) is 11.3. The van der Waals surface area contributed by atoms with Crippen molar-refractivity contribution in [3.8, 4) is 0 Å². The van der Waals surface area contributed by atoms with Gasteiger partial charge in [-0.2, -0.15) is 13.2 Å². The second-order valence-electron chi connectivity index (χ2n) is 11.8. The molecule has 258 valence electrons. The van der Waals surface area contributed by atoms with Crippen LogP contribution in [0.15, 0.2) is 108 Å². The number of amides is 2. The van der Waals surface area contributed by atoms with Crippen LogP contribution in [0.1, 0.15) is 42.4 Å². The van der Waals surface area contributed by atoms with Gasteiger partial charge in [-0.1, -0.05) is 85.1 Å². The SMILES string of the molecule is O=C(NC1CCCC1)[C@@H](Cc1ccccc1)N(Cc1ccc(F)cc1)C(=O)CN(c1ccc(Cl)c(C(F)(F)F)c1)S(=O)(=O)c1ccccc1. The van der Waals surface area contributed by atoms with Crippen LogP contribution in [0.2, 0.25) is 5.02 Å². The summed E-state index contributed by atoms with van der Waals surface area (Å²) in [5, 5.41) is 2.39. The topological polar surface area (TPSA) is 86.8 Å². The molecule has 49 heavy (non-hydrogen) atoms. The highest BCUT2D eigenvalue weighted by atomic mass is 35.5. The standard InChI is InChI=1S/C36H34ClF4N3O4S/c37-32-20-19-29(22-31(32)36(39,40)41)44(49(47,48)30-13-5-2-6-14-30)24-34(45)43(23-26-15-17-27(38)18-16-26)33(21-25-9-3-1-4-10-25)35(46)42-28-11-7-8-12-28/h1-6,9-10,13-20,22,28,33H,7-8,11-12,21,23-24H2,(H,42,46)/t33-/m1/s1. The molecule has 2 amide bonds. The van der Waals surface area contributed by atoms with Crippen LogP contribution in [0.3, 0.4) is 0 Å². The molecule has 1 aliphatic carbocycles. The summed E-state index contributed by atoms with van der Waals surface area (Å²) < 4.78 is 84.4. The van der Waals surface area contributed by atoms with Crippen molar-refractivity contribution in [1.29, 1.82) is 0 Å². The van der Waals surface area contributed by atoms with Crippen LogP contribution >= 0.6 is 11.6 Å². The van der Waals surface area contributed by atoms with E-state index in [1.165, 1.54) is 53.4 Å². The van der Waals surface area contributed by atoms with E-state index in [0.717, 1.165) is 37.8 Å². The summed E-state index contributed by atoms with van der Waals surface area (Å²) in [5.41, 5.74) is -0.573. The summed E-state index contributed by atoms with van der Waals surface area (Å²) in [4.78, 5) is 29.5. The third-order valence-electron chi connectivity index (χ3n) is 8.39. The number of rotatable bonds is 12. The molecule has 4 aromatic carbocycles. The molecule has 1 N–H and O–H groups in total. The number of carbonyl (C=O) groups excluding carboxylic acids is 2. The lowest BCUT2D eigenvalue weighted by molar-refractivity contribution is -0.140. The lowest BCUT2D eigenvalue weighted by atomic mass is 10.0. The van der Waals surface area contributed by atoms with E-state index < -0.39 is 62.7 Å². The molecule has 13 heteroatoms. The van der Waals surface area contributed by atoms with Crippen molar-refractivity contribution in [2.24, 2.45) is 0 Å². The van der Waals surface area contributed by atoms with Gasteiger partial charge in [-0.3, -0.25) is 13.9 Å². The minimum atomic E-state index is -4.92. The molecule has 0 aromatic heterocycles. The third-order valence-corrected chi connectivity index (χ3v) is 10.5. The van der Waals surface area contributed by atoms with E-state index in [2.05, 4.69) is 5.32 Å². The van der Waals surface area contributed by atoms with Gasteiger partial charge in [-0.25, -0.2) is 12.8 Å². The smallest absolute Gasteiger partial charge is 0.352 e. The van der Waals surface area contributed by atoms with E-state index in [-0.39, 0.29) is 23.9 Å². The first-order valence-electron chi connectivity index (χ1n) is 15.7. The van der Waals surface area contributed by atoms with E-state index in [0.29, 0.717) is 21.5 Å². The van der Waals surface area contributed by atoms with Crippen LogP contribution in [0.25, 0.3) is 0 Å². The van der Waals surface area contributed by atoms with Crippen LogP contribution in [-0.4, -0.2) is 43.8 Å². The third kappa shape index (κ3) is 8.98. The number of benzene rings is 4. The van der Waals surface area contributed by atoms with Crippen LogP contribution in [0.5, 0.6) is 0 Å². The Labute approximate surface area is 287 Å². The van der Waals surface area contributed by atoms with Crippen molar-refractivity contribution < 1.29 is 35.6 Å². The first-order valence-corrected chi connectivity index (χ1v) is 17.5. The Morgan fingerprint density at radius 3 is 2.08 bits per heavy atom. The molecule has 0 saturated heterocycles. The molecule has 0 radical (unpaired) electrons. The molecule has 4 aromatic rings. The van der Waals surface area contributed by atoms with Gasteiger partial charge in [-0.15, -0.1) is 0 Å². The monoisotopic (exact) mass is 715 g/mol. The predicted molar refractivity (Wildman–Crippen MR) is 179 cm³/mol. The number of alkyl halides is 3. The molecule has 1 fully saturated rings. The maximum absolute atomic E-state index is 14.5. The van der Waals surface area contributed by atoms with Crippen molar-refractivity contribution >= 4 is 39.1 Å². The largest absolute Gasteiger partial charge is 0.417 e. The highest BCUT2D eigenvalue weighted by molar-refractivity contribution is 7.92. The molecule has 0 bridgehead atoms. The number of sulfonamides is 1. The molecular formula is C36H34ClF4N3O4S. The van der Waals surface area contributed by atoms with E-state index in [1.54, 1.807) is 36.4 Å². The maximum atomic E-state index is 14.5. The van der Waals surface area contributed by atoms with E-state index in [9.17, 15) is 35.6 Å². The second-order valence-corrected chi connectivity index (χ2v) is 14.1. The van der Waals surface area contributed by atoms with Crippen LogP contribution in [0.4, 0.5) is 23.2 Å². The molecule has 0 unspecified atom stereocenters. The first-order chi connectivity index (χ1) is 23.3. The van der Waals surface area contributed by atoms with E-state index in [1.807, 2.05) is 0 Å². The van der Waals surface area contributed by atoms with Crippen LogP contribution in [0, 0.1) is 5.82 Å². The van der Waals surface area contributed by atoms with Gasteiger partial charge in [0.25, 0.3) is 10.0 Å². The number of nitrogens with zero attached hydrogens (tertiary/aromatic N) is 2. The Balaban J connectivity index is 1.60. The van der Waals surface area contributed by atoms with E-state index in [4.69, 9.17) is 11.6 Å². The van der Waals surface area contributed by atoms with Gasteiger partial charge in [0.15, 0.2) is 0 Å².